The number of halogens is 1. The summed E-state index contributed by atoms with van der Waals surface area (Å²) in [6, 6.07) is 4.88. The van der Waals surface area contributed by atoms with Crippen molar-refractivity contribution < 1.29 is 18.7 Å². The van der Waals surface area contributed by atoms with Crippen LogP contribution in [0.5, 0.6) is 0 Å². The largest absolute Gasteiger partial charge is 0.465 e. The van der Waals surface area contributed by atoms with E-state index in [2.05, 4.69) is 10.6 Å². The number of nitrogens with one attached hydrogen (secondary N) is 2. The molecular weight excluding hydrogens is 301 g/mol. The van der Waals surface area contributed by atoms with Gasteiger partial charge in [0, 0.05) is 24.8 Å². The molecule has 2 atom stereocenters. The number of hydrogen-bond donors (Lipinski definition) is 2. The van der Waals surface area contributed by atoms with Crippen molar-refractivity contribution in [3.05, 3.63) is 30.1 Å². The zero-order valence-corrected chi connectivity index (χ0v) is 13.3. The van der Waals surface area contributed by atoms with E-state index in [1.54, 1.807) is 13.8 Å². The fourth-order valence-corrected chi connectivity index (χ4v) is 2.55. The van der Waals surface area contributed by atoms with E-state index in [0.29, 0.717) is 18.8 Å². The van der Waals surface area contributed by atoms with E-state index in [1.807, 2.05) is 4.90 Å². The van der Waals surface area contributed by atoms with Gasteiger partial charge < -0.3 is 15.4 Å². The van der Waals surface area contributed by atoms with E-state index in [-0.39, 0.29) is 29.9 Å². The summed E-state index contributed by atoms with van der Waals surface area (Å²) in [5.74, 6) is -0.598. The summed E-state index contributed by atoms with van der Waals surface area (Å²) in [4.78, 5) is 25.7. The fourth-order valence-electron chi connectivity index (χ4n) is 2.55. The van der Waals surface area contributed by atoms with E-state index in [9.17, 15) is 14.0 Å². The van der Waals surface area contributed by atoms with E-state index >= 15 is 0 Å². The van der Waals surface area contributed by atoms with Gasteiger partial charge in [0.05, 0.1) is 6.61 Å². The van der Waals surface area contributed by atoms with Crippen LogP contribution in [0.3, 0.4) is 0 Å². The standard InChI is InChI=1S/C16H22FN3O3/c1-3-23-15(21)11(2)20-9-8-14(10-20)19-16(22)18-13-6-4-12(17)5-7-13/h4-7,11,14H,3,8-10H2,1-2H3,(H2,18,19,22)/t11-,14-/m1/s1. The summed E-state index contributed by atoms with van der Waals surface area (Å²) in [7, 11) is 0. The van der Waals surface area contributed by atoms with Crippen molar-refractivity contribution in [3.8, 4) is 0 Å². The monoisotopic (exact) mass is 323 g/mol. The van der Waals surface area contributed by atoms with Gasteiger partial charge in [-0.3, -0.25) is 9.69 Å². The average molecular weight is 323 g/mol. The third-order valence-electron chi connectivity index (χ3n) is 3.83. The molecule has 0 bridgehead atoms. The number of carbonyl (C=O) groups excluding carboxylic acids is 2. The highest BCUT2D eigenvalue weighted by atomic mass is 19.1. The van der Waals surface area contributed by atoms with Crippen LogP contribution < -0.4 is 10.6 Å². The van der Waals surface area contributed by atoms with E-state index in [1.165, 1.54) is 24.3 Å². The smallest absolute Gasteiger partial charge is 0.323 e. The second-order valence-corrected chi connectivity index (χ2v) is 5.51. The Morgan fingerprint density at radius 3 is 2.74 bits per heavy atom. The Morgan fingerprint density at radius 2 is 2.09 bits per heavy atom. The maximum Gasteiger partial charge on any atom is 0.323 e. The maximum atomic E-state index is 12.8. The van der Waals surface area contributed by atoms with Crippen molar-refractivity contribution in [2.45, 2.75) is 32.4 Å². The molecular formula is C16H22FN3O3. The first-order valence-electron chi connectivity index (χ1n) is 7.73. The summed E-state index contributed by atoms with van der Waals surface area (Å²) in [6.07, 6.45) is 0.764. The SMILES string of the molecule is CCOC(=O)[C@@H](C)N1CC[C@@H](NC(=O)Nc2ccc(F)cc2)C1. The van der Waals surface area contributed by atoms with Crippen LogP contribution in [0.2, 0.25) is 0 Å². The van der Waals surface area contributed by atoms with Crippen LogP contribution in [0.4, 0.5) is 14.9 Å². The van der Waals surface area contributed by atoms with Crippen LogP contribution in [0.1, 0.15) is 20.3 Å². The van der Waals surface area contributed by atoms with Crippen LogP contribution in [0, 0.1) is 5.82 Å². The molecule has 2 amide bonds. The second-order valence-electron chi connectivity index (χ2n) is 5.51. The number of esters is 1. The average Bonchev–Trinajstić information content (AvgIpc) is 2.97. The Kier molecular flexibility index (Phi) is 5.92. The highest BCUT2D eigenvalue weighted by Gasteiger charge is 2.31. The van der Waals surface area contributed by atoms with E-state index < -0.39 is 0 Å². The summed E-state index contributed by atoms with van der Waals surface area (Å²) >= 11 is 0. The van der Waals surface area contributed by atoms with Gasteiger partial charge in [0.25, 0.3) is 0 Å². The lowest BCUT2D eigenvalue weighted by atomic mass is 10.2. The second kappa shape index (κ2) is 7.92. The first-order valence-corrected chi connectivity index (χ1v) is 7.73. The molecule has 2 N–H and O–H groups in total. The number of ether oxygens (including phenoxy) is 1. The molecule has 0 aromatic heterocycles. The fraction of sp³-hybridized carbons (Fsp3) is 0.500. The lowest BCUT2D eigenvalue weighted by Crippen LogP contribution is -2.43. The topological polar surface area (TPSA) is 70.7 Å². The van der Waals surface area contributed by atoms with Gasteiger partial charge in [-0.05, 0) is 44.5 Å². The molecule has 7 heteroatoms. The molecule has 6 nitrogen and oxygen atoms in total. The Morgan fingerprint density at radius 1 is 1.39 bits per heavy atom. The third kappa shape index (κ3) is 4.92. The Bertz CT molecular complexity index is 550. The van der Waals surface area contributed by atoms with Crippen molar-refractivity contribution in [2.24, 2.45) is 0 Å². The summed E-state index contributed by atoms with van der Waals surface area (Å²) in [6.45, 7) is 5.26. The molecule has 23 heavy (non-hydrogen) atoms. The number of anilines is 1. The highest BCUT2D eigenvalue weighted by molar-refractivity contribution is 5.89. The zero-order valence-electron chi connectivity index (χ0n) is 13.3. The Balaban J connectivity index is 1.79. The van der Waals surface area contributed by atoms with Crippen LogP contribution in [0.25, 0.3) is 0 Å². The first-order chi connectivity index (χ1) is 11.0. The third-order valence-corrected chi connectivity index (χ3v) is 3.83. The number of likely N-dealkylation sites (tertiary alicyclic amines) is 1. The minimum absolute atomic E-state index is 0.0349. The number of hydrogen-bond acceptors (Lipinski definition) is 4. The molecule has 1 aliphatic heterocycles. The Labute approximate surface area is 135 Å². The van der Waals surface area contributed by atoms with Crippen LogP contribution >= 0.6 is 0 Å². The molecule has 126 valence electrons. The van der Waals surface area contributed by atoms with Gasteiger partial charge in [-0.15, -0.1) is 0 Å². The normalized spacial score (nSPS) is 19.2. The minimum atomic E-state index is -0.352. The lowest BCUT2D eigenvalue weighted by molar-refractivity contribution is -0.148. The van der Waals surface area contributed by atoms with Gasteiger partial charge in [-0.1, -0.05) is 0 Å². The highest BCUT2D eigenvalue weighted by Crippen LogP contribution is 2.14. The summed E-state index contributed by atoms with van der Waals surface area (Å²) < 4.78 is 17.8. The number of carbonyl (C=O) groups is 2. The molecule has 0 aliphatic carbocycles. The lowest BCUT2D eigenvalue weighted by Gasteiger charge is -2.22. The van der Waals surface area contributed by atoms with Gasteiger partial charge in [0.15, 0.2) is 0 Å². The van der Waals surface area contributed by atoms with Crippen molar-refractivity contribution in [1.29, 1.82) is 0 Å². The van der Waals surface area contributed by atoms with Gasteiger partial charge in [0.2, 0.25) is 0 Å². The molecule has 1 aromatic carbocycles. The van der Waals surface area contributed by atoms with Crippen molar-refractivity contribution in [1.82, 2.24) is 10.2 Å². The predicted octanol–water partition coefficient (Wildman–Crippen LogP) is 1.97. The molecule has 0 unspecified atom stereocenters. The van der Waals surface area contributed by atoms with Gasteiger partial charge in [0.1, 0.15) is 11.9 Å². The molecule has 1 aromatic rings. The summed E-state index contributed by atoms with van der Waals surface area (Å²) in [5.41, 5.74) is 0.527. The van der Waals surface area contributed by atoms with Crippen LogP contribution in [-0.4, -0.2) is 48.7 Å². The molecule has 1 aliphatic rings. The molecule has 1 fully saturated rings. The molecule has 0 saturated carbocycles. The number of urea groups is 1. The maximum absolute atomic E-state index is 12.8. The van der Waals surface area contributed by atoms with E-state index in [4.69, 9.17) is 4.74 Å². The molecule has 1 heterocycles. The summed E-state index contributed by atoms with van der Waals surface area (Å²) in [5, 5.41) is 5.52. The van der Waals surface area contributed by atoms with Crippen molar-refractivity contribution in [3.63, 3.8) is 0 Å². The number of benzene rings is 1. The predicted molar refractivity (Wildman–Crippen MR) is 84.6 cm³/mol. The molecule has 1 saturated heterocycles. The van der Waals surface area contributed by atoms with Crippen molar-refractivity contribution >= 4 is 17.7 Å². The van der Waals surface area contributed by atoms with Crippen LogP contribution in [0.15, 0.2) is 24.3 Å². The first kappa shape index (κ1) is 17.2. The number of nitrogens with zero attached hydrogens (tertiary/aromatic N) is 1. The molecule has 2 rings (SSSR count). The van der Waals surface area contributed by atoms with Gasteiger partial charge >= 0.3 is 12.0 Å². The number of rotatable bonds is 5. The number of amides is 2. The minimum Gasteiger partial charge on any atom is -0.465 e. The quantitative estimate of drug-likeness (QED) is 0.813. The van der Waals surface area contributed by atoms with E-state index in [0.717, 1.165) is 13.0 Å². The van der Waals surface area contributed by atoms with Crippen molar-refractivity contribution in [2.75, 3.05) is 25.0 Å². The molecule has 0 radical (unpaired) electrons. The Hall–Kier alpha value is -2.15. The van der Waals surface area contributed by atoms with Crippen LogP contribution in [-0.2, 0) is 9.53 Å². The van der Waals surface area contributed by atoms with Gasteiger partial charge in [-0.25, -0.2) is 9.18 Å². The zero-order chi connectivity index (χ0) is 16.8. The molecule has 0 spiro atoms. The van der Waals surface area contributed by atoms with Gasteiger partial charge in [-0.2, -0.15) is 0 Å².